The summed E-state index contributed by atoms with van der Waals surface area (Å²) >= 11 is 0. The molecule has 0 amide bonds. The maximum atomic E-state index is 12.7. The van der Waals surface area contributed by atoms with Gasteiger partial charge >= 0.3 is 5.97 Å². The van der Waals surface area contributed by atoms with Crippen LogP contribution in [0.2, 0.25) is 0 Å². The van der Waals surface area contributed by atoms with Crippen molar-refractivity contribution in [1.82, 2.24) is 5.06 Å². The average molecular weight is 412 g/mol. The third kappa shape index (κ3) is 4.24. The number of benzene rings is 2. The number of hydrogen-bond acceptors (Lipinski definition) is 7. The fraction of sp³-hybridized carbons (Fsp3) is 0.364. The molecule has 0 radical (unpaired) electrons. The Morgan fingerprint density at radius 2 is 1.73 bits per heavy atom. The van der Waals surface area contributed by atoms with Crippen molar-refractivity contribution in [3.63, 3.8) is 0 Å². The van der Waals surface area contributed by atoms with Gasteiger partial charge in [0.2, 0.25) is 5.78 Å². The zero-order valence-electron chi connectivity index (χ0n) is 17.3. The molecule has 0 spiro atoms. The number of Topliss-reactive ketones (excluding diaryl/α,β-unsaturated/α-hetero) is 1. The van der Waals surface area contributed by atoms with Crippen molar-refractivity contribution < 1.29 is 24.1 Å². The second-order valence-electron chi connectivity index (χ2n) is 8.22. The maximum Gasteiger partial charge on any atom is 0.341 e. The molecule has 2 aromatic carbocycles. The zero-order chi connectivity index (χ0) is 22.1. The monoisotopic (exact) mass is 412 g/mol. The van der Waals surface area contributed by atoms with E-state index in [1.54, 1.807) is 5.06 Å². The predicted octanol–water partition coefficient (Wildman–Crippen LogP) is 4.21. The van der Waals surface area contributed by atoms with Gasteiger partial charge in [0.15, 0.2) is 0 Å². The number of carbonyl (C=O) groups is 2. The third-order valence-electron chi connectivity index (χ3n) is 4.94. The highest BCUT2D eigenvalue weighted by Gasteiger charge is 2.55. The van der Waals surface area contributed by atoms with E-state index in [9.17, 15) is 19.7 Å². The lowest BCUT2D eigenvalue weighted by atomic mass is 9.95. The lowest BCUT2D eigenvalue weighted by molar-refractivity contribution is -0.384. The lowest BCUT2D eigenvalue weighted by Crippen LogP contribution is -2.46. The summed E-state index contributed by atoms with van der Waals surface area (Å²) in [6.45, 7) is 7.14. The molecular weight excluding hydrogens is 388 g/mol. The number of ether oxygens (including phenoxy) is 1. The molecule has 0 bridgehead atoms. The summed E-state index contributed by atoms with van der Waals surface area (Å²) in [5, 5.41) is 12.5. The highest BCUT2D eigenvalue weighted by Crippen LogP contribution is 2.45. The topological polar surface area (TPSA) is 99.0 Å². The number of nitro groups is 1. The number of esters is 1. The molecule has 0 N–H and O–H groups in total. The Morgan fingerprint density at radius 3 is 2.23 bits per heavy atom. The Kier molecular flexibility index (Phi) is 5.74. The molecule has 0 saturated carbocycles. The first-order valence-electron chi connectivity index (χ1n) is 9.56. The molecule has 1 heterocycles. The number of nitro benzene ring substituents is 1. The Balaban J connectivity index is 1.92. The number of nitrogens with zero attached hydrogens (tertiary/aromatic N) is 2. The van der Waals surface area contributed by atoms with Crippen molar-refractivity contribution >= 4 is 17.4 Å². The summed E-state index contributed by atoms with van der Waals surface area (Å²) in [6.07, 6.45) is 0.127. The molecular formula is C22H24N2O6. The molecule has 0 unspecified atom stereocenters. The van der Waals surface area contributed by atoms with Gasteiger partial charge in [-0.25, -0.2) is 9.63 Å². The molecule has 3 rings (SSSR count). The van der Waals surface area contributed by atoms with Crippen molar-refractivity contribution in [2.24, 2.45) is 0 Å². The number of hydroxylamine groups is 2. The minimum absolute atomic E-state index is 0.0929. The van der Waals surface area contributed by atoms with E-state index >= 15 is 0 Å². The minimum atomic E-state index is -1.79. The van der Waals surface area contributed by atoms with E-state index < -0.39 is 28.0 Å². The normalized spacial score (nSPS) is 21.9. The van der Waals surface area contributed by atoms with Gasteiger partial charge in [-0.3, -0.25) is 14.9 Å². The minimum Gasteiger partial charge on any atom is -0.420 e. The Morgan fingerprint density at radius 1 is 1.13 bits per heavy atom. The van der Waals surface area contributed by atoms with E-state index in [1.165, 1.54) is 31.2 Å². The van der Waals surface area contributed by atoms with E-state index in [0.717, 1.165) is 5.56 Å². The van der Waals surface area contributed by atoms with Crippen molar-refractivity contribution in [2.75, 3.05) is 0 Å². The van der Waals surface area contributed by atoms with Gasteiger partial charge in [0.05, 0.1) is 16.5 Å². The number of ketones is 1. The van der Waals surface area contributed by atoms with Crippen LogP contribution in [-0.4, -0.2) is 33.1 Å². The van der Waals surface area contributed by atoms with Gasteiger partial charge in [-0.1, -0.05) is 30.3 Å². The van der Waals surface area contributed by atoms with E-state index in [2.05, 4.69) is 0 Å². The molecule has 1 saturated heterocycles. The quantitative estimate of drug-likeness (QED) is 0.412. The SMILES string of the molecule is CC(=O)[C@@]1(OC(=O)c2ccc([N+](=O)[O-])cc2)C[C@H](c2ccccc2)N(C(C)(C)C)O1. The van der Waals surface area contributed by atoms with Crippen molar-refractivity contribution in [3.05, 3.63) is 75.8 Å². The van der Waals surface area contributed by atoms with E-state index in [4.69, 9.17) is 9.57 Å². The first kappa shape index (κ1) is 21.6. The van der Waals surface area contributed by atoms with Crippen LogP contribution in [0.25, 0.3) is 0 Å². The van der Waals surface area contributed by atoms with Crippen molar-refractivity contribution in [1.29, 1.82) is 0 Å². The maximum absolute atomic E-state index is 12.7. The fourth-order valence-corrected chi connectivity index (χ4v) is 3.40. The average Bonchev–Trinajstić information content (AvgIpc) is 3.10. The highest BCUT2D eigenvalue weighted by molar-refractivity contribution is 5.93. The molecule has 158 valence electrons. The van der Waals surface area contributed by atoms with Crippen LogP contribution in [0.1, 0.15) is 56.1 Å². The Hall–Kier alpha value is -3.10. The number of non-ortho nitro benzene ring substituents is 1. The first-order chi connectivity index (χ1) is 14.0. The second kappa shape index (κ2) is 7.97. The number of rotatable bonds is 5. The van der Waals surface area contributed by atoms with Crippen LogP contribution in [0.15, 0.2) is 54.6 Å². The van der Waals surface area contributed by atoms with E-state index in [1.807, 2.05) is 51.1 Å². The van der Waals surface area contributed by atoms with Crippen LogP contribution in [0, 0.1) is 10.1 Å². The van der Waals surface area contributed by atoms with Crippen molar-refractivity contribution in [2.45, 2.75) is 51.5 Å². The van der Waals surface area contributed by atoms with Gasteiger partial charge in [0.1, 0.15) is 0 Å². The van der Waals surface area contributed by atoms with Gasteiger partial charge in [-0.15, -0.1) is 0 Å². The summed E-state index contributed by atoms with van der Waals surface area (Å²) in [4.78, 5) is 41.6. The van der Waals surface area contributed by atoms with Crippen LogP contribution in [0.3, 0.4) is 0 Å². The lowest BCUT2D eigenvalue weighted by Gasteiger charge is -2.35. The van der Waals surface area contributed by atoms with E-state index in [0.29, 0.717) is 0 Å². The highest BCUT2D eigenvalue weighted by atomic mass is 16.8. The molecule has 1 aliphatic heterocycles. The summed E-state index contributed by atoms with van der Waals surface area (Å²) in [7, 11) is 0. The van der Waals surface area contributed by atoms with Gasteiger partial charge < -0.3 is 4.74 Å². The smallest absolute Gasteiger partial charge is 0.341 e. The Bertz CT molecular complexity index is 952. The first-order valence-corrected chi connectivity index (χ1v) is 9.56. The zero-order valence-corrected chi connectivity index (χ0v) is 17.3. The molecule has 0 aromatic heterocycles. The third-order valence-corrected chi connectivity index (χ3v) is 4.94. The largest absolute Gasteiger partial charge is 0.420 e. The summed E-state index contributed by atoms with van der Waals surface area (Å²) in [5.41, 5.74) is 0.405. The Labute approximate surface area is 174 Å². The van der Waals surface area contributed by atoms with Crippen LogP contribution in [-0.2, 0) is 14.4 Å². The second-order valence-corrected chi connectivity index (χ2v) is 8.22. The number of carbonyl (C=O) groups excluding carboxylic acids is 2. The molecule has 30 heavy (non-hydrogen) atoms. The van der Waals surface area contributed by atoms with Gasteiger partial charge in [-0.05, 0) is 38.5 Å². The van der Waals surface area contributed by atoms with Gasteiger partial charge in [0.25, 0.3) is 11.5 Å². The molecule has 2 aromatic rings. The summed E-state index contributed by atoms with van der Waals surface area (Å²) in [5.74, 6) is -3.01. The molecule has 8 heteroatoms. The molecule has 8 nitrogen and oxygen atoms in total. The van der Waals surface area contributed by atoms with E-state index in [-0.39, 0.29) is 23.7 Å². The fourth-order valence-electron chi connectivity index (χ4n) is 3.40. The standard InChI is InChI=1S/C22H24N2O6/c1-15(25)22(29-20(26)17-10-12-18(13-11-17)24(27)28)14-19(16-8-6-5-7-9-16)23(30-22)21(2,3)4/h5-13,19H,14H2,1-4H3/t19-,22-/m1/s1. The van der Waals surface area contributed by atoms with Crippen LogP contribution < -0.4 is 0 Å². The van der Waals surface area contributed by atoms with Crippen LogP contribution in [0.5, 0.6) is 0 Å². The summed E-state index contributed by atoms with van der Waals surface area (Å²) in [6, 6.07) is 14.2. The molecule has 0 aliphatic carbocycles. The number of hydrogen-bond donors (Lipinski definition) is 0. The van der Waals surface area contributed by atoms with Crippen LogP contribution in [0.4, 0.5) is 5.69 Å². The predicted molar refractivity (Wildman–Crippen MR) is 108 cm³/mol. The van der Waals surface area contributed by atoms with Gasteiger partial charge in [0, 0.05) is 31.0 Å². The summed E-state index contributed by atoms with van der Waals surface area (Å²) < 4.78 is 5.60. The molecule has 1 fully saturated rings. The van der Waals surface area contributed by atoms with Crippen molar-refractivity contribution in [3.8, 4) is 0 Å². The molecule has 1 aliphatic rings. The molecule has 2 atom stereocenters. The van der Waals surface area contributed by atoms with Crippen LogP contribution >= 0.6 is 0 Å². The van der Waals surface area contributed by atoms with Gasteiger partial charge in [-0.2, -0.15) is 5.06 Å².